The zero-order valence-corrected chi connectivity index (χ0v) is 10.8. The zero-order chi connectivity index (χ0) is 12.4. The van der Waals surface area contributed by atoms with E-state index in [-0.39, 0.29) is 0 Å². The highest BCUT2D eigenvalue weighted by Crippen LogP contribution is 2.18. The van der Waals surface area contributed by atoms with Gasteiger partial charge in [-0.15, -0.1) is 0 Å². The summed E-state index contributed by atoms with van der Waals surface area (Å²) in [5.74, 6) is 0.526. The molecule has 0 saturated heterocycles. The lowest BCUT2D eigenvalue weighted by molar-refractivity contribution is 1.10. The summed E-state index contributed by atoms with van der Waals surface area (Å²) in [6.45, 7) is 6.04. The van der Waals surface area contributed by atoms with Crippen LogP contribution in [0.5, 0.6) is 0 Å². The van der Waals surface area contributed by atoms with Crippen LogP contribution in [0, 0.1) is 20.8 Å². The molecular weight excluding hydrogens is 234 g/mol. The molecule has 1 aromatic carbocycles. The highest BCUT2D eigenvalue weighted by Gasteiger charge is 2.02. The van der Waals surface area contributed by atoms with Gasteiger partial charge in [0.2, 0.25) is 5.95 Å². The largest absolute Gasteiger partial charge is 0.324 e. The molecule has 0 aliphatic heterocycles. The van der Waals surface area contributed by atoms with E-state index in [1.165, 1.54) is 11.1 Å². The molecule has 1 heterocycles. The van der Waals surface area contributed by atoms with Crippen molar-refractivity contribution in [2.24, 2.45) is 0 Å². The highest BCUT2D eigenvalue weighted by atomic mass is 35.5. The van der Waals surface area contributed by atoms with E-state index in [9.17, 15) is 0 Å². The fourth-order valence-electron chi connectivity index (χ4n) is 1.53. The third-order valence-electron chi connectivity index (χ3n) is 2.59. The van der Waals surface area contributed by atoms with E-state index in [1.807, 2.05) is 13.0 Å². The van der Waals surface area contributed by atoms with Gasteiger partial charge in [-0.25, -0.2) is 9.97 Å². The van der Waals surface area contributed by atoms with Crippen LogP contribution in [0.25, 0.3) is 0 Å². The molecule has 0 unspecified atom stereocenters. The van der Waals surface area contributed by atoms with E-state index in [0.29, 0.717) is 11.1 Å². The van der Waals surface area contributed by atoms with Crippen LogP contribution in [0.3, 0.4) is 0 Å². The van der Waals surface area contributed by atoms with Gasteiger partial charge in [-0.2, -0.15) is 0 Å². The third kappa shape index (κ3) is 2.94. The van der Waals surface area contributed by atoms with Crippen molar-refractivity contribution < 1.29 is 0 Å². The molecule has 2 rings (SSSR count). The van der Waals surface area contributed by atoms with Crippen LogP contribution in [-0.4, -0.2) is 9.97 Å². The molecular formula is C13H14ClN3. The first-order chi connectivity index (χ1) is 8.04. The van der Waals surface area contributed by atoms with Gasteiger partial charge in [-0.05, 0) is 50.1 Å². The van der Waals surface area contributed by atoms with Crippen molar-refractivity contribution in [3.05, 3.63) is 46.2 Å². The smallest absolute Gasteiger partial charge is 0.228 e. The average Bonchev–Trinajstić information content (AvgIpc) is 2.22. The Kier molecular flexibility index (Phi) is 3.29. The molecule has 3 nitrogen and oxygen atoms in total. The lowest BCUT2D eigenvalue weighted by Crippen LogP contribution is -1.99. The summed E-state index contributed by atoms with van der Waals surface area (Å²) in [7, 11) is 0. The molecule has 1 N–H and O–H groups in total. The summed E-state index contributed by atoms with van der Waals surface area (Å²) in [5, 5.41) is 3.59. The van der Waals surface area contributed by atoms with Crippen molar-refractivity contribution in [1.29, 1.82) is 0 Å². The minimum atomic E-state index is 0.448. The fourth-order valence-corrected chi connectivity index (χ4v) is 1.77. The second-order valence-electron chi connectivity index (χ2n) is 4.08. The summed E-state index contributed by atoms with van der Waals surface area (Å²) < 4.78 is 0. The molecule has 4 heteroatoms. The molecule has 0 aliphatic rings. The summed E-state index contributed by atoms with van der Waals surface area (Å²) in [4.78, 5) is 8.40. The van der Waals surface area contributed by atoms with Gasteiger partial charge in [0.05, 0.1) is 0 Å². The molecule has 0 radical (unpaired) electrons. The van der Waals surface area contributed by atoms with Crippen molar-refractivity contribution in [2.75, 3.05) is 5.32 Å². The van der Waals surface area contributed by atoms with E-state index in [4.69, 9.17) is 11.6 Å². The highest BCUT2D eigenvalue weighted by molar-refractivity contribution is 6.29. The molecule has 0 spiro atoms. The van der Waals surface area contributed by atoms with E-state index >= 15 is 0 Å². The molecule has 0 aliphatic carbocycles. The maximum Gasteiger partial charge on any atom is 0.228 e. The van der Waals surface area contributed by atoms with Gasteiger partial charge >= 0.3 is 0 Å². The quantitative estimate of drug-likeness (QED) is 0.821. The number of benzene rings is 1. The van der Waals surface area contributed by atoms with Crippen LogP contribution in [-0.2, 0) is 0 Å². The number of rotatable bonds is 2. The van der Waals surface area contributed by atoms with Crippen molar-refractivity contribution in [2.45, 2.75) is 20.8 Å². The monoisotopic (exact) mass is 247 g/mol. The molecule has 2 aromatic rings. The molecule has 1 aromatic heterocycles. The number of aromatic nitrogens is 2. The van der Waals surface area contributed by atoms with E-state index in [1.54, 1.807) is 6.07 Å². The first-order valence-corrected chi connectivity index (χ1v) is 5.78. The van der Waals surface area contributed by atoms with Crippen LogP contribution in [0.2, 0.25) is 5.15 Å². The number of nitrogens with one attached hydrogen (secondary N) is 1. The predicted octanol–water partition coefficient (Wildman–Crippen LogP) is 3.80. The van der Waals surface area contributed by atoms with Crippen LogP contribution in [0.15, 0.2) is 24.3 Å². The second-order valence-corrected chi connectivity index (χ2v) is 4.47. The summed E-state index contributed by atoms with van der Waals surface area (Å²) >= 11 is 5.88. The van der Waals surface area contributed by atoms with E-state index < -0.39 is 0 Å². The minimum Gasteiger partial charge on any atom is -0.324 e. The molecule has 0 atom stereocenters. The molecule has 0 fully saturated rings. The predicted molar refractivity (Wildman–Crippen MR) is 71.0 cm³/mol. The Hall–Kier alpha value is -1.61. The van der Waals surface area contributed by atoms with Gasteiger partial charge < -0.3 is 5.32 Å². The topological polar surface area (TPSA) is 37.8 Å². The lowest BCUT2D eigenvalue weighted by Gasteiger charge is -2.08. The Morgan fingerprint density at radius 3 is 2.41 bits per heavy atom. The van der Waals surface area contributed by atoms with Gasteiger partial charge in [-0.3, -0.25) is 0 Å². The zero-order valence-electron chi connectivity index (χ0n) is 10.1. The van der Waals surface area contributed by atoms with Gasteiger partial charge in [-0.1, -0.05) is 17.7 Å². The molecule has 0 saturated carbocycles. The first-order valence-electron chi connectivity index (χ1n) is 5.40. The van der Waals surface area contributed by atoms with Gasteiger partial charge in [0.25, 0.3) is 0 Å². The third-order valence-corrected chi connectivity index (χ3v) is 2.78. The number of nitrogens with zero attached hydrogens (tertiary/aromatic N) is 2. The SMILES string of the molecule is Cc1cc(Cl)nc(Nc2ccc(C)c(C)c2)n1. The summed E-state index contributed by atoms with van der Waals surface area (Å²) in [6, 6.07) is 7.86. The maximum absolute atomic E-state index is 5.88. The number of anilines is 2. The van der Waals surface area contributed by atoms with Crippen molar-refractivity contribution >= 4 is 23.2 Å². The number of aryl methyl sites for hydroxylation is 3. The standard InChI is InChI=1S/C13H14ClN3/c1-8-4-5-11(6-9(8)2)16-13-15-10(3)7-12(14)17-13/h4-7H,1-3H3,(H,15,16,17). The Morgan fingerprint density at radius 1 is 1.00 bits per heavy atom. The Bertz CT molecular complexity index is 532. The molecule has 0 bridgehead atoms. The number of halogens is 1. The van der Waals surface area contributed by atoms with Crippen molar-refractivity contribution in [1.82, 2.24) is 9.97 Å². The first kappa shape index (κ1) is 11.9. The Balaban J connectivity index is 2.28. The minimum absolute atomic E-state index is 0.448. The Morgan fingerprint density at radius 2 is 1.76 bits per heavy atom. The average molecular weight is 248 g/mol. The van der Waals surface area contributed by atoms with Crippen LogP contribution in [0.1, 0.15) is 16.8 Å². The maximum atomic E-state index is 5.88. The number of hydrogen-bond acceptors (Lipinski definition) is 3. The lowest BCUT2D eigenvalue weighted by atomic mass is 10.1. The molecule has 17 heavy (non-hydrogen) atoms. The van der Waals surface area contributed by atoms with Gasteiger partial charge in [0.15, 0.2) is 0 Å². The van der Waals surface area contributed by atoms with E-state index in [2.05, 4.69) is 41.3 Å². The van der Waals surface area contributed by atoms with Gasteiger partial charge in [0, 0.05) is 11.4 Å². The Labute approximate surface area is 106 Å². The van der Waals surface area contributed by atoms with Crippen molar-refractivity contribution in [3.8, 4) is 0 Å². The van der Waals surface area contributed by atoms with Crippen molar-refractivity contribution in [3.63, 3.8) is 0 Å². The van der Waals surface area contributed by atoms with E-state index in [0.717, 1.165) is 11.4 Å². The summed E-state index contributed by atoms with van der Waals surface area (Å²) in [5.41, 5.74) is 4.30. The normalized spacial score (nSPS) is 10.4. The van der Waals surface area contributed by atoms with Crippen LogP contribution < -0.4 is 5.32 Å². The summed E-state index contributed by atoms with van der Waals surface area (Å²) in [6.07, 6.45) is 0. The molecule has 0 amide bonds. The van der Waals surface area contributed by atoms with Gasteiger partial charge in [0.1, 0.15) is 5.15 Å². The number of hydrogen-bond donors (Lipinski definition) is 1. The fraction of sp³-hybridized carbons (Fsp3) is 0.231. The van der Waals surface area contributed by atoms with Crippen LogP contribution >= 0.6 is 11.6 Å². The van der Waals surface area contributed by atoms with Crippen LogP contribution in [0.4, 0.5) is 11.6 Å². The second kappa shape index (κ2) is 4.72. The molecule has 88 valence electrons.